The first-order chi connectivity index (χ1) is 14.0. The standard InChI is InChI=1S/C20H37N5O5/c1-12(2)9-16(23-14(5)27)19(29)25-17(10-13(3)4)18(28)24-15(11-26)7-6-8-22-20(21)30/h11-13,15-17H,6-10H2,1-5H3,(H,23,27)(H,24,28)(H,25,29)(H3,21,22,30). The maximum atomic E-state index is 12.7. The van der Waals surface area contributed by atoms with Gasteiger partial charge < -0.3 is 31.8 Å². The molecule has 5 amide bonds. The predicted octanol–water partition coefficient (Wildman–Crippen LogP) is 0.200. The van der Waals surface area contributed by atoms with E-state index in [1.54, 1.807) is 0 Å². The molecule has 0 spiro atoms. The Labute approximate surface area is 178 Å². The van der Waals surface area contributed by atoms with Gasteiger partial charge in [0.15, 0.2) is 0 Å². The largest absolute Gasteiger partial charge is 0.352 e. The number of nitrogens with one attached hydrogen (secondary N) is 4. The van der Waals surface area contributed by atoms with Gasteiger partial charge in [-0.05, 0) is 37.5 Å². The molecule has 0 radical (unpaired) electrons. The molecule has 0 aliphatic rings. The van der Waals surface area contributed by atoms with E-state index in [-0.39, 0.29) is 24.3 Å². The summed E-state index contributed by atoms with van der Waals surface area (Å²) in [6.07, 6.45) is 2.20. The molecule has 0 aliphatic heterocycles. The molecular formula is C20H37N5O5. The average molecular weight is 428 g/mol. The van der Waals surface area contributed by atoms with Crippen molar-refractivity contribution in [3.05, 3.63) is 0 Å². The van der Waals surface area contributed by atoms with Gasteiger partial charge in [-0.1, -0.05) is 27.7 Å². The van der Waals surface area contributed by atoms with E-state index < -0.39 is 36.0 Å². The lowest BCUT2D eigenvalue weighted by Crippen LogP contribution is -2.55. The van der Waals surface area contributed by atoms with Gasteiger partial charge in [-0.2, -0.15) is 0 Å². The third-order valence-corrected chi connectivity index (χ3v) is 4.22. The number of hydrogen-bond donors (Lipinski definition) is 5. The van der Waals surface area contributed by atoms with Crippen molar-refractivity contribution in [2.45, 2.75) is 78.4 Å². The van der Waals surface area contributed by atoms with E-state index in [1.165, 1.54) is 6.92 Å². The zero-order chi connectivity index (χ0) is 23.3. The molecule has 0 fully saturated rings. The van der Waals surface area contributed by atoms with Crippen LogP contribution in [0.2, 0.25) is 0 Å². The molecule has 0 aromatic carbocycles. The third kappa shape index (κ3) is 12.7. The molecule has 10 heteroatoms. The summed E-state index contributed by atoms with van der Waals surface area (Å²) in [5.74, 6) is -0.958. The summed E-state index contributed by atoms with van der Waals surface area (Å²) >= 11 is 0. The second-order valence-corrected chi connectivity index (χ2v) is 8.26. The molecule has 0 aromatic heterocycles. The van der Waals surface area contributed by atoms with Crippen LogP contribution < -0.4 is 27.0 Å². The fourth-order valence-electron chi connectivity index (χ4n) is 2.91. The van der Waals surface area contributed by atoms with Gasteiger partial charge in [0.1, 0.15) is 18.4 Å². The number of carbonyl (C=O) groups excluding carboxylic acids is 5. The van der Waals surface area contributed by atoms with Crippen LogP contribution in [0.15, 0.2) is 0 Å². The molecule has 3 atom stereocenters. The molecule has 0 heterocycles. The van der Waals surface area contributed by atoms with Gasteiger partial charge in [-0.25, -0.2) is 4.79 Å². The van der Waals surface area contributed by atoms with Crippen molar-refractivity contribution in [3.8, 4) is 0 Å². The summed E-state index contributed by atoms with van der Waals surface area (Å²) in [5, 5.41) is 10.4. The van der Waals surface area contributed by atoms with Crippen LogP contribution in [-0.2, 0) is 19.2 Å². The number of aldehydes is 1. The summed E-state index contributed by atoms with van der Waals surface area (Å²) in [6.45, 7) is 9.32. The lowest BCUT2D eigenvalue weighted by molar-refractivity contribution is -0.133. The smallest absolute Gasteiger partial charge is 0.312 e. The third-order valence-electron chi connectivity index (χ3n) is 4.22. The van der Waals surface area contributed by atoms with Crippen molar-refractivity contribution in [1.29, 1.82) is 0 Å². The monoisotopic (exact) mass is 427 g/mol. The zero-order valence-corrected chi connectivity index (χ0v) is 18.6. The molecule has 0 rings (SSSR count). The van der Waals surface area contributed by atoms with Gasteiger partial charge >= 0.3 is 6.03 Å². The fourth-order valence-corrected chi connectivity index (χ4v) is 2.91. The van der Waals surface area contributed by atoms with Gasteiger partial charge in [-0.15, -0.1) is 0 Å². The number of amides is 5. The molecule has 172 valence electrons. The van der Waals surface area contributed by atoms with Crippen molar-refractivity contribution in [1.82, 2.24) is 21.3 Å². The van der Waals surface area contributed by atoms with E-state index in [0.717, 1.165) is 0 Å². The first kappa shape index (κ1) is 27.4. The molecule has 6 N–H and O–H groups in total. The van der Waals surface area contributed by atoms with Gasteiger partial charge in [-0.3, -0.25) is 14.4 Å². The van der Waals surface area contributed by atoms with Crippen molar-refractivity contribution in [2.75, 3.05) is 6.54 Å². The van der Waals surface area contributed by atoms with Gasteiger partial charge in [0.05, 0.1) is 6.04 Å². The van der Waals surface area contributed by atoms with Crippen molar-refractivity contribution in [3.63, 3.8) is 0 Å². The quantitative estimate of drug-likeness (QED) is 0.197. The Balaban J connectivity index is 5.06. The van der Waals surface area contributed by atoms with E-state index in [9.17, 15) is 24.0 Å². The maximum Gasteiger partial charge on any atom is 0.312 e. The topological polar surface area (TPSA) is 159 Å². The van der Waals surface area contributed by atoms with E-state index in [0.29, 0.717) is 32.0 Å². The highest BCUT2D eigenvalue weighted by Crippen LogP contribution is 2.09. The normalized spacial score (nSPS) is 13.8. The lowest BCUT2D eigenvalue weighted by Gasteiger charge is -2.25. The number of urea groups is 1. The van der Waals surface area contributed by atoms with E-state index >= 15 is 0 Å². The van der Waals surface area contributed by atoms with Crippen molar-refractivity contribution in [2.24, 2.45) is 17.6 Å². The highest BCUT2D eigenvalue weighted by atomic mass is 16.2. The molecule has 30 heavy (non-hydrogen) atoms. The Hall–Kier alpha value is -2.65. The van der Waals surface area contributed by atoms with Crippen LogP contribution in [0.5, 0.6) is 0 Å². The molecular weight excluding hydrogens is 390 g/mol. The zero-order valence-electron chi connectivity index (χ0n) is 18.6. The molecule has 0 aromatic rings. The number of primary amides is 1. The molecule has 10 nitrogen and oxygen atoms in total. The second-order valence-electron chi connectivity index (χ2n) is 8.26. The maximum absolute atomic E-state index is 12.7. The van der Waals surface area contributed by atoms with Gasteiger partial charge in [0, 0.05) is 13.5 Å². The average Bonchev–Trinajstić information content (AvgIpc) is 2.61. The highest BCUT2D eigenvalue weighted by Gasteiger charge is 2.28. The van der Waals surface area contributed by atoms with Crippen LogP contribution in [-0.4, -0.2) is 54.7 Å². The lowest BCUT2D eigenvalue weighted by atomic mass is 9.99. The van der Waals surface area contributed by atoms with E-state index in [4.69, 9.17) is 5.73 Å². The van der Waals surface area contributed by atoms with Crippen LogP contribution in [0.3, 0.4) is 0 Å². The predicted molar refractivity (Wildman–Crippen MR) is 113 cm³/mol. The summed E-state index contributed by atoms with van der Waals surface area (Å²) in [6, 6.07) is -2.99. The van der Waals surface area contributed by atoms with Gasteiger partial charge in [0.25, 0.3) is 0 Å². The Morgan fingerprint density at radius 2 is 1.37 bits per heavy atom. The van der Waals surface area contributed by atoms with Crippen molar-refractivity contribution >= 4 is 30.0 Å². The first-order valence-corrected chi connectivity index (χ1v) is 10.3. The summed E-state index contributed by atoms with van der Waals surface area (Å²) in [4.78, 5) is 58.9. The number of carbonyl (C=O) groups is 5. The first-order valence-electron chi connectivity index (χ1n) is 10.3. The summed E-state index contributed by atoms with van der Waals surface area (Å²) < 4.78 is 0. The Kier molecular flexibility index (Phi) is 13.1. The molecule has 3 unspecified atom stereocenters. The Bertz CT molecular complexity index is 594. The number of rotatable bonds is 14. The fraction of sp³-hybridized carbons (Fsp3) is 0.750. The van der Waals surface area contributed by atoms with Crippen LogP contribution >= 0.6 is 0 Å². The molecule has 0 aliphatic carbocycles. The minimum atomic E-state index is -0.841. The minimum Gasteiger partial charge on any atom is -0.352 e. The Morgan fingerprint density at radius 1 is 0.867 bits per heavy atom. The number of hydrogen-bond acceptors (Lipinski definition) is 5. The SMILES string of the molecule is CC(=O)NC(CC(C)C)C(=O)NC(CC(C)C)C(=O)NC(C=O)CCCNC(N)=O. The molecule has 0 saturated heterocycles. The number of nitrogens with two attached hydrogens (primary N) is 1. The molecule has 0 bridgehead atoms. The van der Waals surface area contributed by atoms with Crippen LogP contribution in [0.4, 0.5) is 4.79 Å². The van der Waals surface area contributed by atoms with E-state index in [2.05, 4.69) is 21.3 Å². The molecule has 0 saturated carbocycles. The summed E-state index contributed by atoms with van der Waals surface area (Å²) in [7, 11) is 0. The highest BCUT2D eigenvalue weighted by molar-refractivity contribution is 5.92. The summed E-state index contributed by atoms with van der Waals surface area (Å²) in [5.41, 5.74) is 4.98. The minimum absolute atomic E-state index is 0.111. The van der Waals surface area contributed by atoms with Gasteiger partial charge in [0.2, 0.25) is 17.7 Å². The van der Waals surface area contributed by atoms with Crippen molar-refractivity contribution < 1.29 is 24.0 Å². The van der Waals surface area contributed by atoms with Crippen LogP contribution in [0.25, 0.3) is 0 Å². The van der Waals surface area contributed by atoms with Crippen LogP contribution in [0, 0.1) is 11.8 Å². The Morgan fingerprint density at radius 3 is 1.80 bits per heavy atom. The van der Waals surface area contributed by atoms with Crippen LogP contribution in [0.1, 0.15) is 60.3 Å². The second kappa shape index (κ2) is 14.4. The van der Waals surface area contributed by atoms with E-state index in [1.807, 2.05) is 27.7 Å².